The number of hydrogen-bond acceptors (Lipinski definition) is 3. The molecule has 11 rings (SSSR count). The fraction of sp³-hybridized carbons (Fsp3) is 0. The van der Waals surface area contributed by atoms with Gasteiger partial charge in [-0.3, -0.25) is 0 Å². The second-order valence-corrected chi connectivity index (χ2v) is 15.0. The third kappa shape index (κ3) is 4.61. The van der Waals surface area contributed by atoms with E-state index in [4.69, 9.17) is 0 Å². The van der Waals surface area contributed by atoms with Crippen molar-refractivity contribution in [2.75, 3.05) is 0 Å². The minimum absolute atomic E-state index is 0.583. The summed E-state index contributed by atoms with van der Waals surface area (Å²) in [7, 11) is 0. The lowest BCUT2D eigenvalue weighted by Crippen LogP contribution is -2.02. The number of rotatable bonds is 4. The van der Waals surface area contributed by atoms with Crippen LogP contribution in [0.3, 0.4) is 0 Å². The summed E-state index contributed by atoms with van der Waals surface area (Å²) in [6.45, 7) is 0. The Morgan fingerprint density at radius 3 is 1.73 bits per heavy atom. The lowest BCUT2D eigenvalue weighted by atomic mass is 9.94. The Morgan fingerprint density at radius 2 is 1.04 bits per heavy atom. The van der Waals surface area contributed by atoms with Crippen molar-refractivity contribution in [1.82, 2.24) is 9.13 Å². The first kappa shape index (κ1) is 31.1. The van der Waals surface area contributed by atoms with Crippen molar-refractivity contribution in [1.29, 1.82) is 10.5 Å². The normalized spacial score (nSPS) is 11.6. The molecule has 0 unspecified atom stereocenters. The van der Waals surface area contributed by atoms with Crippen molar-refractivity contribution in [3.05, 3.63) is 181 Å². The van der Waals surface area contributed by atoms with Crippen molar-refractivity contribution < 1.29 is 0 Å². The largest absolute Gasteiger partial charge is 0.309 e. The van der Waals surface area contributed by atoms with E-state index in [1.807, 2.05) is 41.7 Å². The van der Waals surface area contributed by atoms with Gasteiger partial charge in [-0.15, -0.1) is 11.3 Å². The second kappa shape index (κ2) is 12.0. The van der Waals surface area contributed by atoms with E-state index in [0.29, 0.717) is 11.1 Å². The van der Waals surface area contributed by atoms with Crippen LogP contribution < -0.4 is 0 Å². The number of thiophene rings is 1. The Balaban J connectivity index is 1.24. The average Bonchev–Trinajstić information content (AvgIpc) is 3.91. The first-order chi connectivity index (χ1) is 27.2. The third-order valence-corrected chi connectivity index (χ3v) is 12.1. The first-order valence-electron chi connectivity index (χ1n) is 18.2. The molecule has 0 atom stereocenters. The second-order valence-electron chi connectivity index (χ2n) is 13.9. The molecule has 0 saturated heterocycles. The van der Waals surface area contributed by atoms with Gasteiger partial charge in [0, 0.05) is 58.5 Å². The van der Waals surface area contributed by atoms with E-state index in [0.717, 1.165) is 50.2 Å². The quantitative estimate of drug-likeness (QED) is 0.182. The standard InChI is InChI=1S/C50H28N4S/c51-29-31-17-19-32(20-18-31)33-21-23-36(34(27-33)30-52)40-24-22-35(28-46(40)54-44-14-6-1-9-37(44)38-10-2-7-15-45(38)54)53-43-13-5-3-11-39(43)41-25-26-48-49(50(41)53)42-12-4-8-16-47(42)55-48/h1-28H. The smallest absolute Gasteiger partial charge is 0.0998 e. The zero-order valence-electron chi connectivity index (χ0n) is 29.4. The molecule has 0 radical (unpaired) electrons. The van der Waals surface area contributed by atoms with Crippen LogP contribution in [-0.2, 0) is 0 Å². The molecule has 3 aromatic heterocycles. The summed E-state index contributed by atoms with van der Waals surface area (Å²) in [5.74, 6) is 0. The predicted molar refractivity (Wildman–Crippen MR) is 228 cm³/mol. The molecule has 254 valence electrons. The molecule has 4 nitrogen and oxygen atoms in total. The molecule has 11 aromatic rings. The Bertz CT molecular complexity index is 3400. The summed E-state index contributed by atoms with van der Waals surface area (Å²) in [4.78, 5) is 0. The zero-order valence-corrected chi connectivity index (χ0v) is 30.2. The van der Waals surface area contributed by atoms with Crippen LogP contribution in [0.1, 0.15) is 11.1 Å². The molecular formula is C50H28N4S. The van der Waals surface area contributed by atoms with Gasteiger partial charge in [0.2, 0.25) is 0 Å². The monoisotopic (exact) mass is 716 g/mol. The molecule has 55 heavy (non-hydrogen) atoms. The number of para-hydroxylation sites is 3. The molecule has 3 heterocycles. The van der Waals surface area contributed by atoms with Crippen LogP contribution in [0.4, 0.5) is 0 Å². The van der Waals surface area contributed by atoms with E-state index >= 15 is 0 Å². The Morgan fingerprint density at radius 1 is 0.436 bits per heavy atom. The number of hydrogen-bond donors (Lipinski definition) is 0. The van der Waals surface area contributed by atoms with Gasteiger partial charge in [-0.25, -0.2) is 0 Å². The summed E-state index contributed by atoms with van der Waals surface area (Å²) < 4.78 is 7.34. The maximum Gasteiger partial charge on any atom is 0.0998 e. The number of fused-ring (bicyclic) bond motifs is 10. The summed E-state index contributed by atoms with van der Waals surface area (Å²) >= 11 is 1.84. The number of benzene rings is 8. The van der Waals surface area contributed by atoms with E-state index in [-0.39, 0.29) is 0 Å². The Hall–Kier alpha value is -7.44. The van der Waals surface area contributed by atoms with Crippen LogP contribution in [0.5, 0.6) is 0 Å². The van der Waals surface area contributed by atoms with Crippen molar-refractivity contribution >= 4 is 75.1 Å². The van der Waals surface area contributed by atoms with Gasteiger partial charge in [-0.1, -0.05) is 109 Å². The maximum absolute atomic E-state index is 10.7. The Labute approximate surface area is 320 Å². The molecule has 0 saturated carbocycles. The minimum atomic E-state index is 0.583. The maximum atomic E-state index is 10.7. The van der Waals surface area contributed by atoms with Crippen molar-refractivity contribution in [2.45, 2.75) is 0 Å². The highest BCUT2D eigenvalue weighted by Gasteiger charge is 2.22. The first-order valence-corrected chi connectivity index (χ1v) is 19.0. The van der Waals surface area contributed by atoms with Gasteiger partial charge in [-0.05, 0) is 71.8 Å². The highest BCUT2D eigenvalue weighted by Crippen LogP contribution is 2.45. The molecule has 0 aliphatic rings. The van der Waals surface area contributed by atoms with E-state index in [2.05, 4.69) is 161 Å². The summed E-state index contributed by atoms with van der Waals surface area (Å²) in [5, 5.41) is 27.4. The highest BCUT2D eigenvalue weighted by atomic mass is 32.1. The molecule has 0 aliphatic carbocycles. The van der Waals surface area contributed by atoms with Crippen molar-refractivity contribution in [2.24, 2.45) is 0 Å². The SMILES string of the molecule is N#Cc1ccc(-c2ccc(-c3ccc(-n4c5ccccc5c5ccc6sc7ccccc7c6c54)cc3-n3c4ccccc4c4ccccc43)c(C#N)c2)cc1. The average molecular weight is 717 g/mol. The van der Waals surface area contributed by atoms with Crippen LogP contribution in [0, 0.1) is 22.7 Å². The van der Waals surface area contributed by atoms with Crippen molar-refractivity contribution in [3.63, 3.8) is 0 Å². The fourth-order valence-corrected chi connectivity index (χ4v) is 9.68. The van der Waals surface area contributed by atoms with E-state index in [1.165, 1.54) is 47.2 Å². The fourth-order valence-electron chi connectivity index (χ4n) is 8.58. The zero-order chi connectivity index (χ0) is 36.6. The van der Waals surface area contributed by atoms with Crippen LogP contribution in [0.2, 0.25) is 0 Å². The third-order valence-electron chi connectivity index (χ3n) is 11.0. The highest BCUT2D eigenvalue weighted by molar-refractivity contribution is 7.26. The number of nitrogens with zero attached hydrogens (tertiary/aromatic N) is 4. The van der Waals surface area contributed by atoms with Crippen LogP contribution >= 0.6 is 11.3 Å². The molecule has 0 fully saturated rings. The lowest BCUT2D eigenvalue weighted by Gasteiger charge is -2.18. The van der Waals surface area contributed by atoms with Gasteiger partial charge in [0.1, 0.15) is 0 Å². The molecule has 0 aliphatic heterocycles. The summed E-state index contributed by atoms with van der Waals surface area (Å²) in [6, 6.07) is 64.2. The molecule has 0 N–H and O–H groups in total. The van der Waals surface area contributed by atoms with Gasteiger partial charge in [-0.2, -0.15) is 10.5 Å². The lowest BCUT2D eigenvalue weighted by molar-refractivity contribution is 1.14. The number of nitriles is 2. The Kier molecular flexibility index (Phi) is 6.82. The van der Waals surface area contributed by atoms with Crippen LogP contribution in [0.25, 0.3) is 97.4 Å². The minimum Gasteiger partial charge on any atom is -0.309 e. The molecule has 0 spiro atoms. The van der Waals surface area contributed by atoms with Gasteiger partial charge in [0.15, 0.2) is 0 Å². The molecule has 5 heteroatoms. The molecule has 0 amide bonds. The molecular weight excluding hydrogens is 689 g/mol. The predicted octanol–water partition coefficient (Wildman–Crippen LogP) is 13.3. The number of aromatic nitrogens is 2. The van der Waals surface area contributed by atoms with Gasteiger partial charge in [0.25, 0.3) is 0 Å². The van der Waals surface area contributed by atoms with Gasteiger partial charge < -0.3 is 9.13 Å². The van der Waals surface area contributed by atoms with Crippen LogP contribution in [0.15, 0.2) is 170 Å². The van der Waals surface area contributed by atoms with E-state index in [9.17, 15) is 10.5 Å². The van der Waals surface area contributed by atoms with Gasteiger partial charge >= 0.3 is 0 Å². The summed E-state index contributed by atoms with van der Waals surface area (Å²) in [5.41, 5.74) is 11.5. The van der Waals surface area contributed by atoms with E-state index < -0.39 is 0 Å². The topological polar surface area (TPSA) is 57.4 Å². The van der Waals surface area contributed by atoms with E-state index in [1.54, 1.807) is 0 Å². The molecule has 8 aromatic carbocycles. The summed E-state index contributed by atoms with van der Waals surface area (Å²) in [6.07, 6.45) is 0. The van der Waals surface area contributed by atoms with Crippen LogP contribution in [-0.4, -0.2) is 9.13 Å². The van der Waals surface area contributed by atoms with Crippen molar-refractivity contribution in [3.8, 4) is 45.8 Å². The molecule has 0 bridgehead atoms. The van der Waals surface area contributed by atoms with Gasteiger partial charge in [0.05, 0.1) is 51.0 Å².